The first-order chi connectivity index (χ1) is 7.10. The number of hydrogen-bond acceptors (Lipinski definition) is 2. The molecule has 0 saturated heterocycles. The number of carboxylic acids is 1. The van der Waals surface area contributed by atoms with Crippen LogP contribution in [0.1, 0.15) is 39.0 Å². The molecule has 2 aliphatic rings. The Morgan fingerprint density at radius 3 is 2.60 bits per heavy atom. The lowest BCUT2D eigenvalue weighted by Crippen LogP contribution is -2.35. The first kappa shape index (κ1) is 10.5. The van der Waals surface area contributed by atoms with E-state index in [1.807, 2.05) is 0 Å². The molecule has 0 aromatic carbocycles. The van der Waals surface area contributed by atoms with Gasteiger partial charge in [0.15, 0.2) is 0 Å². The summed E-state index contributed by atoms with van der Waals surface area (Å²) in [6, 6.07) is 2.31. The van der Waals surface area contributed by atoms with Crippen LogP contribution in [0.25, 0.3) is 0 Å². The highest BCUT2D eigenvalue weighted by atomic mass is 16.4. The summed E-state index contributed by atoms with van der Waals surface area (Å²) < 4.78 is 0. The summed E-state index contributed by atoms with van der Waals surface area (Å²) in [5, 5.41) is 18.3. The van der Waals surface area contributed by atoms with Crippen molar-refractivity contribution in [2.24, 2.45) is 23.2 Å². The summed E-state index contributed by atoms with van der Waals surface area (Å²) in [7, 11) is 0. The molecule has 0 radical (unpaired) electrons. The smallest absolute Gasteiger partial charge is 0.309 e. The third kappa shape index (κ3) is 1.62. The summed E-state index contributed by atoms with van der Waals surface area (Å²) in [6.07, 6.45) is 4.43. The van der Waals surface area contributed by atoms with E-state index >= 15 is 0 Å². The third-order valence-corrected chi connectivity index (χ3v) is 4.20. The molecule has 2 fully saturated rings. The Morgan fingerprint density at radius 2 is 2.13 bits per heavy atom. The highest BCUT2D eigenvalue weighted by Crippen LogP contribution is 2.58. The second kappa shape index (κ2) is 3.52. The minimum absolute atomic E-state index is 0.0280. The van der Waals surface area contributed by atoms with Crippen LogP contribution in [-0.2, 0) is 4.79 Å². The Labute approximate surface area is 90.1 Å². The van der Waals surface area contributed by atoms with Crippen LogP contribution < -0.4 is 0 Å². The molecule has 2 saturated carbocycles. The zero-order valence-electron chi connectivity index (χ0n) is 9.07. The molecule has 0 spiro atoms. The van der Waals surface area contributed by atoms with Gasteiger partial charge in [-0.15, -0.1) is 0 Å². The summed E-state index contributed by atoms with van der Waals surface area (Å²) in [5.74, 6) is -0.0261. The highest BCUT2D eigenvalue weighted by molar-refractivity contribution is 5.78. The predicted octanol–water partition coefficient (Wildman–Crippen LogP) is 2.43. The molecule has 82 valence electrons. The molecule has 0 amide bonds. The zero-order chi connectivity index (χ0) is 11.1. The number of carboxylic acid groups (broad SMARTS) is 1. The number of nitriles is 1. The average molecular weight is 207 g/mol. The molecule has 3 unspecified atom stereocenters. The quantitative estimate of drug-likeness (QED) is 0.756. The van der Waals surface area contributed by atoms with E-state index in [2.05, 4.69) is 13.0 Å². The second-order valence-electron chi connectivity index (χ2n) is 5.22. The summed E-state index contributed by atoms with van der Waals surface area (Å²) in [4.78, 5) is 11.2. The maximum absolute atomic E-state index is 11.2. The standard InChI is InChI=1S/C12H17NO2/c1-8-2-3-9(7-13)10(6-8)12(4-5-12)11(14)15/h8-10H,2-6H2,1H3,(H,14,15). The normalized spacial score (nSPS) is 38.0. The minimum atomic E-state index is -0.679. The van der Waals surface area contributed by atoms with E-state index in [1.54, 1.807) is 0 Å². The van der Waals surface area contributed by atoms with Crippen molar-refractivity contribution in [3.63, 3.8) is 0 Å². The van der Waals surface area contributed by atoms with Crippen molar-refractivity contribution in [2.45, 2.75) is 39.0 Å². The van der Waals surface area contributed by atoms with Gasteiger partial charge in [-0.2, -0.15) is 5.26 Å². The number of nitrogens with zero attached hydrogens (tertiary/aromatic N) is 1. The first-order valence-electron chi connectivity index (χ1n) is 5.73. The molecular formula is C12H17NO2. The highest BCUT2D eigenvalue weighted by Gasteiger charge is 2.58. The summed E-state index contributed by atoms with van der Waals surface area (Å²) in [6.45, 7) is 2.17. The van der Waals surface area contributed by atoms with Crippen molar-refractivity contribution in [1.29, 1.82) is 5.26 Å². The fourth-order valence-electron chi connectivity index (χ4n) is 3.02. The van der Waals surface area contributed by atoms with E-state index in [0.717, 1.165) is 32.1 Å². The van der Waals surface area contributed by atoms with Crippen molar-refractivity contribution in [2.75, 3.05) is 0 Å². The Bertz CT molecular complexity index is 314. The fraction of sp³-hybridized carbons (Fsp3) is 0.833. The van der Waals surface area contributed by atoms with E-state index in [-0.39, 0.29) is 11.8 Å². The van der Waals surface area contributed by atoms with Gasteiger partial charge in [0.2, 0.25) is 0 Å². The molecule has 3 nitrogen and oxygen atoms in total. The van der Waals surface area contributed by atoms with Crippen molar-refractivity contribution >= 4 is 5.97 Å². The lowest BCUT2D eigenvalue weighted by molar-refractivity contribution is -0.147. The molecule has 0 aromatic heterocycles. The van der Waals surface area contributed by atoms with Gasteiger partial charge >= 0.3 is 5.97 Å². The van der Waals surface area contributed by atoms with Gasteiger partial charge in [-0.1, -0.05) is 6.92 Å². The second-order valence-corrected chi connectivity index (χ2v) is 5.22. The molecule has 2 rings (SSSR count). The molecular weight excluding hydrogens is 190 g/mol. The van der Waals surface area contributed by atoms with Gasteiger partial charge in [-0.3, -0.25) is 4.79 Å². The third-order valence-electron chi connectivity index (χ3n) is 4.20. The van der Waals surface area contributed by atoms with E-state index in [1.165, 1.54) is 0 Å². The molecule has 3 atom stereocenters. The topological polar surface area (TPSA) is 61.1 Å². The number of hydrogen-bond donors (Lipinski definition) is 1. The predicted molar refractivity (Wildman–Crippen MR) is 54.9 cm³/mol. The van der Waals surface area contributed by atoms with E-state index in [4.69, 9.17) is 5.26 Å². The number of aliphatic carboxylic acids is 1. The molecule has 1 N–H and O–H groups in total. The Kier molecular flexibility index (Phi) is 2.46. The van der Waals surface area contributed by atoms with E-state index in [9.17, 15) is 9.90 Å². The molecule has 15 heavy (non-hydrogen) atoms. The minimum Gasteiger partial charge on any atom is -0.481 e. The molecule has 0 aromatic rings. The van der Waals surface area contributed by atoms with Crippen LogP contribution in [0.5, 0.6) is 0 Å². The van der Waals surface area contributed by atoms with Crippen LogP contribution in [0.2, 0.25) is 0 Å². The van der Waals surface area contributed by atoms with Crippen LogP contribution in [-0.4, -0.2) is 11.1 Å². The SMILES string of the molecule is CC1CCC(C#N)C(C2(C(=O)O)CC2)C1. The van der Waals surface area contributed by atoms with Crippen molar-refractivity contribution in [3.8, 4) is 6.07 Å². The molecule has 2 aliphatic carbocycles. The molecule has 3 heteroatoms. The lowest BCUT2D eigenvalue weighted by Gasteiger charge is -2.34. The average Bonchev–Trinajstić information content (AvgIpc) is 2.98. The van der Waals surface area contributed by atoms with E-state index in [0.29, 0.717) is 5.92 Å². The number of rotatable bonds is 2. The van der Waals surface area contributed by atoms with Gasteiger partial charge in [0, 0.05) is 0 Å². The molecule has 0 bridgehead atoms. The first-order valence-corrected chi connectivity index (χ1v) is 5.73. The van der Waals surface area contributed by atoms with Crippen LogP contribution in [0, 0.1) is 34.5 Å². The molecule has 0 heterocycles. The van der Waals surface area contributed by atoms with Gasteiger partial charge in [0.05, 0.1) is 17.4 Å². The largest absolute Gasteiger partial charge is 0.481 e. The van der Waals surface area contributed by atoms with Crippen LogP contribution in [0.4, 0.5) is 0 Å². The van der Waals surface area contributed by atoms with Gasteiger partial charge in [-0.05, 0) is 43.9 Å². The van der Waals surface area contributed by atoms with Crippen LogP contribution in [0.3, 0.4) is 0 Å². The van der Waals surface area contributed by atoms with Gasteiger partial charge < -0.3 is 5.11 Å². The Hall–Kier alpha value is -1.04. The maximum Gasteiger partial charge on any atom is 0.309 e. The molecule has 0 aliphatic heterocycles. The van der Waals surface area contributed by atoms with Crippen molar-refractivity contribution in [3.05, 3.63) is 0 Å². The lowest BCUT2D eigenvalue weighted by atomic mass is 9.68. The summed E-state index contributed by atoms with van der Waals surface area (Å²) in [5.41, 5.74) is -0.533. The Morgan fingerprint density at radius 1 is 1.47 bits per heavy atom. The van der Waals surface area contributed by atoms with Crippen molar-refractivity contribution < 1.29 is 9.90 Å². The monoisotopic (exact) mass is 207 g/mol. The summed E-state index contributed by atoms with van der Waals surface area (Å²) >= 11 is 0. The van der Waals surface area contributed by atoms with Crippen LogP contribution >= 0.6 is 0 Å². The van der Waals surface area contributed by atoms with Crippen LogP contribution in [0.15, 0.2) is 0 Å². The number of carbonyl (C=O) groups is 1. The Balaban J connectivity index is 2.18. The van der Waals surface area contributed by atoms with E-state index < -0.39 is 11.4 Å². The zero-order valence-corrected chi connectivity index (χ0v) is 9.07. The van der Waals surface area contributed by atoms with Gasteiger partial charge in [-0.25, -0.2) is 0 Å². The fourth-order valence-corrected chi connectivity index (χ4v) is 3.02. The van der Waals surface area contributed by atoms with Gasteiger partial charge in [0.25, 0.3) is 0 Å². The van der Waals surface area contributed by atoms with Gasteiger partial charge in [0.1, 0.15) is 0 Å². The maximum atomic E-state index is 11.2. The van der Waals surface area contributed by atoms with Crippen molar-refractivity contribution in [1.82, 2.24) is 0 Å².